The van der Waals surface area contributed by atoms with Crippen LogP contribution in [0, 0.1) is 12.3 Å². The second-order valence-electron chi connectivity index (χ2n) is 7.22. The van der Waals surface area contributed by atoms with Crippen LogP contribution in [0.25, 0.3) is 0 Å². The summed E-state index contributed by atoms with van der Waals surface area (Å²) in [5.41, 5.74) is 0.0253. The van der Waals surface area contributed by atoms with Crippen LogP contribution in [-0.4, -0.2) is 22.5 Å². The van der Waals surface area contributed by atoms with E-state index in [-0.39, 0.29) is 11.3 Å². The van der Waals surface area contributed by atoms with Crippen molar-refractivity contribution in [3.05, 3.63) is 35.4 Å². The largest absolute Gasteiger partial charge is 0.480 e. The maximum Gasteiger partial charge on any atom is 0.328 e. The number of hydrogen-bond acceptors (Lipinski definition) is 2. The van der Waals surface area contributed by atoms with Gasteiger partial charge in [0.1, 0.15) is 5.54 Å². The fourth-order valence-corrected chi connectivity index (χ4v) is 2.91. The van der Waals surface area contributed by atoms with Crippen molar-refractivity contribution in [2.45, 2.75) is 52.0 Å². The number of amides is 1. The third-order valence-electron chi connectivity index (χ3n) is 4.63. The third-order valence-corrected chi connectivity index (χ3v) is 4.63. The lowest BCUT2D eigenvalue weighted by Crippen LogP contribution is -2.53. The number of hydrogen-bond donors (Lipinski definition) is 2. The molecule has 0 heterocycles. The van der Waals surface area contributed by atoms with Crippen molar-refractivity contribution in [1.82, 2.24) is 5.32 Å². The Morgan fingerprint density at radius 2 is 1.67 bits per heavy atom. The van der Waals surface area contributed by atoms with Crippen LogP contribution in [0.2, 0.25) is 0 Å². The van der Waals surface area contributed by atoms with E-state index in [1.807, 2.05) is 45.0 Å². The van der Waals surface area contributed by atoms with Crippen molar-refractivity contribution in [3.63, 3.8) is 0 Å². The van der Waals surface area contributed by atoms with Gasteiger partial charge in [-0.15, -0.1) is 0 Å². The number of carbonyl (C=O) groups is 2. The van der Waals surface area contributed by atoms with Crippen molar-refractivity contribution >= 4 is 11.9 Å². The SMILES string of the molecule is Cc1ccc([C@@]2(C(=O)NC(C)(C)C(=O)O)CC2(C)C)cc1. The van der Waals surface area contributed by atoms with Gasteiger partial charge in [-0.3, -0.25) is 4.79 Å². The molecule has 0 bridgehead atoms. The molecule has 1 aromatic carbocycles. The van der Waals surface area contributed by atoms with Gasteiger partial charge in [0.15, 0.2) is 0 Å². The van der Waals surface area contributed by atoms with Gasteiger partial charge in [-0.2, -0.15) is 0 Å². The second kappa shape index (κ2) is 4.58. The van der Waals surface area contributed by atoms with Crippen LogP contribution in [0.3, 0.4) is 0 Å². The number of aryl methyl sites for hydroxylation is 1. The van der Waals surface area contributed by atoms with Crippen LogP contribution in [0.15, 0.2) is 24.3 Å². The molecule has 114 valence electrons. The zero-order valence-electron chi connectivity index (χ0n) is 13.3. The highest BCUT2D eigenvalue weighted by Crippen LogP contribution is 2.64. The van der Waals surface area contributed by atoms with E-state index in [1.165, 1.54) is 13.8 Å². The normalized spacial score (nSPS) is 23.5. The molecule has 2 N–H and O–H groups in total. The summed E-state index contributed by atoms with van der Waals surface area (Å²) in [7, 11) is 0. The van der Waals surface area contributed by atoms with Gasteiger partial charge in [-0.05, 0) is 38.2 Å². The highest BCUT2D eigenvalue weighted by atomic mass is 16.4. The third kappa shape index (κ3) is 2.43. The lowest BCUT2D eigenvalue weighted by molar-refractivity contribution is -0.146. The summed E-state index contributed by atoms with van der Waals surface area (Å²) in [6.45, 7) is 9.10. The molecule has 21 heavy (non-hydrogen) atoms. The van der Waals surface area contributed by atoms with Crippen LogP contribution in [0.1, 0.15) is 45.2 Å². The Morgan fingerprint density at radius 3 is 2.05 bits per heavy atom. The lowest BCUT2D eigenvalue weighted by Gasteiger charge is -2.27. The molecule has 2 rings (SSSR count). The van der Waals surface area contributed by atoms with Gasteiger partial charge >= 0.3 is 5.97 Å². The Morgan fingerprint density at radius 1 is 1.19 bits per heavy atom. The molecule has 1 aliphatic carbocycles. The zero-order chi connectivity index (χ0) is 16.1. The summed E-state index contributed by atoms with van der Waals surface area (Å²) in [4.78, 5) is 24.0. The number of carboxylic acids is 1. The minimum absolute atomic E-state index is 0.166. The molecule has 0 radical (unpaired) electrons. The van der Waals surface area contributed by atoms with Gasteiger partial charge in [0.05, 0.1) is 5.41 Å². The Labute approximate surface area is 125 Å². The van der Waals surface area contributed by atoms with Crippen LogP contribution < -0.4 is 5.32 Å². The fourth-order valence-electron chi connectivity index (χ4n) is 2.91. The standard InChI is InChI=1S/C17H23NO3/c1-11-6-8-12(9-7-11)17(10-15(17,2)3)13(19)18-16(4,5)14(20)21/h6-9H,10H2,1-5H3,(H,18,19)(H,20,21)/t17-/m1/s1. The molecule has 1 aromatic rings. The van der Waals surface area contributed by atoms with Crippen LogP contribution in [0.5, 0.6) is 0 Å². The Kier molecular flexibility index (Phi) is 3.39. The quantitative estimate of drug-likeness (QED) is 0.895. The average molecular weight is 289 g/mol. The van der Waals surface area contributed by atoms with Crippen molar-refractivity contribution in [2.75, 3.05) is 0 Å². The van der Waals surface area contributed by atoms with Gasteiger partial charge in [-0.25, -0.2) is 4.79 Å². The summed E-state index contributed by atoms with van der Waals surface area (Å²) in [5.74, 6) is -1.24. The molecule has 4 nitrogen and oxygen atoms in total. The van der Waals surface area contributed by atoms with Crippen LogP contribution in [-0.2, 0) is 15.0 Å². The molecule has 1 fully saturated rings. The second-order valence-corrected chi connectivity index (χ2v) is 7.22. The van der Waals surface area contributed by atoms with E-state index in [2.05, 4.69) is 5.32 Å². The minimum Gasteiger partial charge on any atom is -0.480 e. The van der Waals surface area contributed by atoms with Gasteiger partial charge in [0.2, 0.25) is 5.91 Å². The topological polar surface area (TPSA) is 66.4 Å². The Hall–Kier alpha value is -1.84. The molecule has 1 amide bonds. The number of benzene rings is 1. The molecule has 0 spiro atoms. The van der Waals surface area contributed by atoms with E-state index in [9.17, 15) is 14.7 Å². The smallest absolute Gasteiger partial charge is 0.328 e. The van der Waals surface area contributed by atoms with E-state index in [4.69, 9.17) is 0 Å². The van der Waals surface area contributed by atoms with E-state index < -0.39 is 16.9 Å². The summed E-state index contributed by atoms with van der Waals surface area (Å²) in [6, 6.07) is 7.91. The Bertz CT molecular complexity index is 587. The van der Waals surface area contributed by atoms with E-state index >= 15 is 0 Å². The predicted octanol–water partition coefficient (Wildman–Crippen LogP) is 2.64. The summed E-state index contributed by atoms with van der Waals surface area (Å²) < 4.78 is 0. The Balaban J connectivity index is 2.35. The minimum atomic E-state index is -1.27. The highest BCUT2D eigenvalue weighted by molar-refractivity contribution is 5.96. The molecule has 0 unspecified atom stereocenters. The molecule has 1 atom stereocenters. The fraction of sp³-hybridized carbons (Fsp3) is 0.529. The van der Waals surface area contributed by atoms with Crippen molar-refractivity contribution < 1.29 is 14.7 Å². The number of rotatable bonds is 4. The number of aliphatic carboxylic acids is 1. The molecular formula is C17H23NO3. The zero-order valence-corrected chi connectivity index (χ0v) is 13.3. The monoisotopic (exact) mass is 289 g/mol. The van der Waals surface area contributed by atoms with Crippen LogP contribution in [0.4, 0.5) is 0 Å². The molecule has 1 saturated carbocycles. The van der Waals surface area contributed by atoms with Gasteiger partial charge < -0.3 is 10.4 Å². The first-order valence-corrected chi connectivity index (χ1v) is 7.16. The number of carboxylic acid groups (broad SMARTS) is 1. The molecule has 4 heteroatoms. The first-order chi connectivity index (χ1) is 9.53. The van der Waals surface area contributed by atoms with E-state index in [0.717, 1.165) is 17.5 Å². The maximum absolute atomic E-state index is 12.8. The van der Waals surface area contributed by atoms with E-state index in [0.29, 0.717) is 0 Å². The van der Waals surface area contributed by atoms with Gasteiger partial charge in [0.25, 0.3) is 0 Å². The summed E-state index contributed by atoms with van der Waals surface area (Å²) in [6.07, 6.45) is 0.727. The highest BCUT2D eigenvalue weighted by Gasteiger charge is 2.67. The molecule has 1 aliphatic rings. The van der Waals surface area contributed by atoms with Crippen molar-refractivity contribution in [1.29, 1.82) is 0 Å². The molecule has 0 aromatic heterocycles. The summed E-state index contributed by atoms with van der Waals surface area (Å²) >= 11 is 0. The summed E-state index contributed by atoms with van der Waals surface area (Å²) in [5, 5.41) is 11.9. The number of nitrogens with one attached hydrogen (secondary N) is 1. The van der Waals surface area contributed by atoms with Crippen molar-refractivity contribution in [3.8, 4) is 0 Å². The van der Waals surface area contributed by atoms with Crippen LogP contribution >= 0.6 is 0 Å². The molecular weight excluding hydrogens is 266 g/mol. The lowest BCUT2D eigenvalue weighted by atomic mass is 9.85. The molecule has 0 aliphatic heterocycles. The van der Waals surface area contributed by atoms with Crippen molar-refractivity contribution in [2.24, 2.45) is 5.41 Å². The van der Waals surface area contributed by atoms with Gasteiger partial charge in [0, 0.05) is 0 Å². The molecule has 0 saturated heterocycles. The average Bonchev–Trinajstić information content (AvgIpc) is 2.94. The van der Waals surface area contributed by atoms with Gasteiger partial charge in [-0.1, -0.05) is 43.7 Å². The number of carbonyl (C=O) groups excluding carboxylic acids is 1. The maximum atomic E-state index is 12.8. The first kappa shape index (κ1) is 15.5. The predicted molar refractivity (Wildman–Crippen MR) is 81.1 cm³/mol. The van der Waals surface area contributed by atoms with E-state index in [1.54, 1.807) is 0 Å². The first-order valence-electron chi connectivity index (χ1n) is 7.16.